The van der Waals surface area contributed by atoms with Gasteiger partial charge in [-0.15, -0.1) is 0 Å². The van der Waals surface area contributed by atoms with Gasteiger partial charge in [0.15, 0.2) is 0 Å². The smallest absolute Gasteiger partial charge is 0.328 e. The first-order chi connectivity index (χ1) is 9.77. The summed E-state index contributed by atoms with van der Waals surface area (Å²) in [7, 11) is 0. The monoisotopic (exact) mass is 278 g/mol. The minimum atomic E-state index is -0.909. The number of hydrogen-bond donors (Lipinski definition) is 1. The van der Waals surface area contributed by atoms with Crippen LogP contribution in [-0.4, -0.2) is 11.1 Å². The number of allylic oxidation sites excluding steroid dienone is 5. The fourth-order valence-electron chi connectivity index (χ4n) is 2.01. The maximum Gasteiger partial charge on any atom is 0.328 e. The molecule has 1 N–H and O–H groups in total. The van der Waals surface area contributed by atoms with E-state index in [0.717, 1.165) is 12.5 Å². The molecule has 0 spiro atoms. The van der Waals surface area contributed by atoms with Crippen LogP contribution in [0.5, 0.6) is 0 Å². The van der Waals surface area contributed by atoms with Crippen LogP contribution in [0, 0.1) is 0 Å². The third-order valence-corrected chi connectivity index (χ3v) is 3.18. The Morgan fingerprint density at radius 1 is 0.800 bits per heavy atom. The Balaban J connectivity index is 3.25. The maximum absolute atomic E-state index is 10.2. The maximum atomic E-state index is 10.2. The van der Waals surface area contributed by atoms with Gasteiger partial charge in [0.05, 0.1) is 0 Å². The highest BCUT2D eigenvalue weighted by molar-refractivity contribution is 5.80. The molecule has 0 atom stereocenters. The number of carbonyl (C=O) groups is 1. The molecule has 0 fully saturated rings. The summed E-state index contributed by atoms with van der Waals surface area (Å²) in [5.74, 6) is -0.909. The quantitative estimate of drug-likeness (QED) is 0.268. The molecular weight excluding hydrogens is 248 g/mol. The van der Waals surface area contributed by atoms with Crippen molar-refractivity contribution in [2.24, 2.45) is 0 Å². The SMILES string of the molecule is CCCCCCCCCCC\C=C/C=C/C=C/C(=O)O. The van der Waals surface area contributed by atoms with Crippen molar-refractivity contribution < 1.29 is 9.90 Å². The van der Waals surface area contributed by atoms with Crippen molar-refractivity contribution in [3.05, 3.63) is 36.5 Å². The molecule has 0 bridgehead atoms. The summed E-state index contributed by atoms with van der Waals surface area (Å²) in [6.07, 6.45) is 23.7. The van der Waals surface area contributed by atoms with E-state index in [0.29, 0.717) is 0 Å². The number of hydrogen-bond acceptors (Lipinski definition) is 1. The van der Waals surface area contributed by atoms with E-state index in [9.17, 15) is 4.79 Å². The molecular formula is C18H30O2. The molecule has 0 heterocycles. The molecule has 0 amide bonds. The molecule has 0 aromatic rings. The van der Waals surface area contributed by atoms with E-state index >= 15 is 0 Å². The lowest BCUT2D eigenvalue weighted by molar-refractivity contribution is -0.131. The van der Waals surface area contributed by atoms with E-state index in [1.54, 1.807) is 6.08 Å². The lowest BCUT2D eigenvalue weighted by atomic mass is 10.1. The van der Waals surface area contributed by atoms with Crippen molar-refractivity contribution >= 4 is 5.97 Å². The number of carboxylic acid groups (broad SMARTS) is 1. The molecule has 114 valence electrons. The van der Waals surface area contributed by atoms with Gasteiger partial charge in [0, 0.05) is 6.08 Å². The highest BCUT2D eigenvalue weighted by Crippen LogP contribution is 2.10. The lowest BCUT2D eigenvalue weighted by Gasteiger charge is -2.00. The molecule has 0 aliphatic carbocycles. The fourth-order valence-corrected chi connectivity index (χ4v) is 2.01. The summed E-state index contributed by atoms with van der Waals surface area (Å²) in [4.78, 5) is 10.2. The van der Waals surface area contributed by atoms with Crippen LogP contribution >= 0.6 is 0 Å². The number of carboxylic acids is 1. The normalized spacial score (nSPS) is 12.1. The van der Waals surface area contributed by atoms with Gasteiger partial charge in [0.25, 0.3) is 0 Å². The van der Waals surface area contributed by atoms with Crippen LogP contribution in [0.3, 0.4) is 0 Å². The van der Waals surface area contributed by atoms with Crippen LogP contribution in [0.2, 0.25) is 0 Å². The van der Waals surface area contributed by atoms with Crippen molar-refractivity contribution in [1.82, 2.24) is 0 Å². The zero-order valence-electron chi connectivity index (χ0n) is 12.9. The van der Waals surface area contributed by atoms with E-state index in [2.05, 4.69) is 13.0 Å². The van der Waals surface area contributed by atoms with Crippen molar-refractivity contribution in [3.63, 3.8) is 0 Å². The zero-order chi connectivity index (χ0) is 14.9. The molecule has 0 radical (unpaired) electrons. The number of rotatable bonds is 13. The molecule has 0 saturated carbocycles. The van der Waals surface area contributed by atoms with Gasteiger partial charge in [-0.25, -0.2) is 4.79 Å². The molecule has 0 aliphatic heterocycles. The third-order valence-electron chi connectivity index (χ3n) is 3.18. The van der Waals surface area contributed by atoms with E-state index in [1.807, 2.05) is 12.2 Å². The van der Waals surface area contributed by atoms with Crippen LogP contribution in [-0.2, 0) is 4.79 Å². The summed E-state index contributed by atoms with van der Waals surface area (Å²) in [5.41, 5.74) is 0. The van der Waals surface area contributed by atoms with Crippen molar-refractivity contribution in [3.8, 4) is 0 Å². The van der Waals surface area contributed by atoms with E-state index in [-0.39, 0.29) is 0 Å². The first-order valence-corrected chi connectivity index (χ1v) is 8.00. The Bertz CT molecular complexity index is 301. The Morgan fingerprint density at radius 2 is 1.35 bits per heavy atom. The Kier molecular flexibility index (Phi) is 14.7. The largest absolute Gasteiger partial charge is 0.478 e. The fraction of sp³-hybridized carbons (Fsp3) is 0.611. The van der Waals surface area contributed by atoms with E-state index in [1.165, 1.54) is 63.9 Å². The molecule has 2 heteroatoms. The van der Waals surface area contributed by atoms with Gasteiger partial charge in [-0.2, -0.15) is 0 Å². The van der Waals surface area contributed by atoms with Gasteiger partial charge in [0.1, 0.15) is 0 Å². The highest BCUT2D eigenvalue weighted by atomic mass is 16.4. The van der Waals surface area contributed by atoms with Crippen molar-refractivity contribution in [2.75, 3.05) is 0 Å². The predicted molar refractivity (Wildman–Crippen MR) is 86.9 cm³/mol. The first kappa shape index (κ1) is 18.7. The van der Waals surface area contributed by atoms with Gasteiger partial charge in [0.2, 0.25) is 0 Å². The Morgan fingerprint density at radius 3 is 1.95 bits per heavy atom. The Labute approximate surface area is 124 Å². The molecule has 0 rings (SSSR count). The van der Waals surface area contributed by atoms with E-state index < -0.39 is 5.97 Å². The zero-order valence-corrected chi connectivity index (χ0v) is 12.9. The summed E-state index contributed by atoms with van der Waals surface area (Å²) >= 11 is 0. The topological polar surface area (TPSA) is 37.3 Å². The summed E-state index contributed by atoms with van der Waals surface area (Å²) < 4.78 is 0. The van der Waals surface area contributed by atoms with Gasteiger partial charge >= 0.3 is 5.97 Å². The highest BCUT2D eigenvalue weighted by Gasteiger charge is 1.90. The average molecular weight is 278 g/mol. The summed E-state index contributed by atoms with van der Waals surface area (Å²) in [5, 5.41) is 8.38. The van der Waals surface area contributed by atoms with Gasteiger partial charge in [-0.3, -0.25) is 0 Å². The van der Waals surface area contributed by atoms with Crippen LogP contribution in [0.1, 0.15) is 71.1 Å². The van der Waals surface area contributed by atoms with Crippen LogP contribution in [0.25, 0.3) is 0 Å². The van der Waals surface area contributed by atoms with Crippen molar-refractivity contribution in [1.29, 1.82) is 0 Å². The van der Waals surface area contributed by atoms with Gasteiger partial charge in [-0.1, -0.05) is 88.7 Å². The lowest BCUT2D eigenvalue weighted by Crippen LogP contribution is -1.84. The standard InChI is InChI=1S/C18H30O2/c1-2-3-4-5-6-7-8-9-10-11-12-13-14-15-16-17-18(19)20/h12-17H,2-11H2,1H3,(H,19,20)/b13-12-,15-14+,17-16+. The molecule has 0 aliphatic rings. The van der Waals surface area contributed by atoms with Crippen molar-refractivity contribution in [2.45, 2.75) is 71.1 Å². The third kappa shape index (κ3) is 16.7. The predicted octanol–water partition coefficient (Wildman–Crippen LogP) is 5.66. The van der Waals surface area contributed by atoms with Crippen LogP contribution < -0.4 is 0 Å². The number of aliphatic carboxylic acids is 1. The molecule has 0 saturated heterocycles. The van der Waals surface area contributed by atoms with Gasteiger partial charge < -0.3 is 5.11 Å². The Hall–Kier alpha value is -1.31. The summed E-state index contributed by atoms with van der Waals surface area (Å²) in [6.45, 7) is 2.26. The molecule has 0 aromatic heterocycles. The molecule has 20 heavy (non-hydrogen) atoms. The van der Waals surface area contributed by atoms with E-state index in [4.69, 9.17) is 5.11 Å². The molecule has 2 nitrogen and oxygen atoms in total. The molecule has 0 aromatic carbocycles. The van der Waals surface area contributed by atoms with Gasteiger partial charge in [-0.05, 0) is 12.8 Å². The second-order valence-electron chi connectivity index (χ2n) is 5.13. The second kappa shape index (κ2) is 15.7. The first-order valence-electron chi connectivity index (χ1n) is 8.00. The van der Waals surface area contributed by atoms with Crippen LogP contribution in [0.4, 0.5) is 0 Å². The minimum absolute atomic E-state index is 0.909. The van der Waals surface area contributed by atoms with Crippen LogP contribution in [0.15, 0.2) is 36.5 Å². The number of unbranched alkanes of at least 4 members (excludes halogenated alkanes) is 9. The minimum Gasteiger partial charge on any atom is -0.478 e. The molecule has 0 unspecified atom stereocenters. The second-order valence-corrected chi connectivity index (χ2v) is 5.13. The summed E-state index contributed by atoms with van der Waals surface area (Å²) in [6, 6.07) is 0. The average Bonchev–Trinajstić information content (AvgIpc) is 2.43.